The zero-order valence-corrected chi connectivity index (χ0v) is 11.0. The molecule has 0 unspecified atom stereocenters. The van der Waals surface area contributed by atoms with E-state index in [1.165, 1.54) is 5.56 Å². The van der Waals surface area contributed by atoms with Crippen LogP contribution >= 0.6 is 11.6 Å². The van der Waals surface area contributed by atoms with Crippen molar-refractivity contribution in [1.82, 2.24) is 5.32 Å². The number of nitrogens with zero attached hydrogens (tertiary/aromatic N) is 1. The number of unbranched alkanes of at least 4 members (excludes halogenated alkanes) is 1. The molecule has 1 aromatic carbocycles. The molecule has 0 bridgehead atoms. The molecule has 94 valence electrons. The molecule has 0 saturated heterocycles. The van der Waals surface area contributed by atoms with Crippen molar-refractivity contribution < 1.29 is 0 Å². The van der Waals surface area contributed by atoms with E-state index in [1.807, 2.05) is 18.2 Å². The minimum Gasteiger partial charge on any atom is -0.370 e. The summed E-state index contributed by atoms with van der Waals surface area (Å²) >= 11 is 5.90. The summed E-state index contributed by atoms with van der Waals surface area (Å²) in [5.74, 6) is 0.528. The maximum absolute atomic E-state index is 5.90. The summed E-state index contributed by atoms with van der Waals surface area (Å²) in [6, 6.07) is 7.85. The number of halogens is 1. The number of nitrogens with one attached hydrogen (secondary N) is 1. The van der Waals surface area contributed by atoms with E-state index < -0.39 is 0 Å². The Morgan fingerprint density at radius 2 is 2.29 bits per heavy atom. The second kappa shape index (κ2) is 7.96. The third-order valence-corrected chi connectivity index (χ3v) is 2.64. The molecule has 0 aliphatic carbocycles. The van der Waals surface area contributed by atoms with Gasteiger partial charge in [-0.05, 0) is 30.5 Å². The molecule has 17 heavy (non-hydrogen) atoms. The molecular weight excluding hydrogens is 234 g/mol. The van der Waals surface area contributed by atoms with Gasteiger partial charge in [-0.3, -0.25) is 4.99 Å². The summed E-state index contributed by atoms with van der Waals surface area (Å²) in [5, 5.41) is 3.86. The Kier molecular flexibility index (Phi) is 6.48. The minimum absolute atomic E-state index is 0.528. The van der Waals surface area contributed by atoms with Gasteiger partial charge >= 0.3 is 0 Å². The van der Waals surface area contributed by atoms with Gasteiger partial charge in [0.1, 0.15) is 0 Å². The predicted molar refractivity (Wildman–Crippen MR) is 74.6 cm³/mol. The molecule has 0 atom stereocenters. The first-order chi connectivity index (χ1) is 8.22. The summed E-state index contributed by atoms with van der Waals surface area (Å²) in [7, 11) is 0. The highest BCUT2D eigenvalue weighted by Crippen LogP contribution is 2.10. The topological polar surface area (TPSA) is 50.4 Å². The van der Waals surface area contributed by atoms with Crippen LogP contribution in [0.5, 0.6) is 0 Å². The molecule has 1 rings (SSSR count). The molecule has 0 radical (unpaired) electrons. The van der Waals surface area contributed by atoms with Crippen molar-refractivity contribution in [3.63, 3.8) is 0 Å². The van der Waals surface area contributed by atoms with Crippen LogP contribution in [-0.4, -0.2) is 19.0 Å². The molecule has 1 aromatic rings. The molecule has 0 amide bonds. The lowest BCUT2D eigenvalue weighted by Gasteiger charge is -2.05. The average Bonchev–Trinajstić information content (AvgIpc) is 2.29. The summed E-state index contributed by atoms with van der Waals surface area (Å²) in [6.45, 7) is 3.71. The van der Waals surface area contributed by atoms with E-state index in [0.717, 1.165) is 37.4 Å². The molecule has 0 aromatic heterocycles. The van der Waals surface area contributed by atoms with Gasteiger partial charge in [-0.2, -0.15) is 0 Å². The van der Waals surface area contributed by atoms with E-state index in [2.05, 4.69) is 23.3 Å². The van der Waals surface area contributed by atoms with Gasteiger partial charge in [-0.1, -0.05) is 37.1 Å². The Bertz CT molecular complexity index is 363. The van der Waals surface area contributed by atoms with Crippen LogP contribution in [0.1, 0.15) is 25.3 Å². The molecule has 0 aliphatic rings. The van der Waals surface area contributed by atoms with E-state index >= 15 is 0 Å². The molecule has 0 fully saturated rings. The Labute approximate surface area is 108 Å². The highest BCUT2D eigenvalue weighted by Gasteiger charge is 1.95. The first-order valence-electron chi connectivity index (χ1n) is 6.00. The molecule has 0 heterocycles. The van der Waals surface area contributed by atoms with Crippen molar-refractivity contribution in [3.05, 3.63) is 34.9 Å². The highest BCUT2D eigenvalue weighted by atomic mass is 35.5. The Morgan fingerprint density at radius 1 is 1.47 bits per heavy atom. The number of hydrogen-bond acceptors (Lipinski definition) is 1. The maximum Gasteiger partial charge on any atom is 0.188 e. The van der Waals surface area contributed by atoms with Crippen molar-refractivity contribution in [1.29, 1.82) is 0 Å². The normalized spacial score (nSPS) is 11.5. The van der Waals surface area contributed by atoms with Crippen LogP contribution in [-0.2, 0) is 6.42 Å². The second-order valence-corrected chi connectivity index (χ2v) is 4.36. The fourth-order valence-corrected chi connectivity index (χ4v) is 1.65. The Morgan fingerprint density at radius 3 is 3.00 bits per heavy atom. The molecule has 0 spiro atoms. The van der Waals surface area contributed by atoms with Crippen molar-refractivity contribution in [2.24, 2.45) is 10.7 Å². The van der Waals surface area contributed by atoms with Crippen molar-refractivity contribution in [2.45, 2.75) is 26.2 Å². The lowest BCUT2D eigenvalue weighted by Crippen LogP contribution is -2.33. The molecule has 0 saturated carbocycles. The van der Waals surface area contributed by atoms with Gasteiger partial charge in [-0.25, -0.2) is 0 Å². The predicted octanol–water partition coefficient (Wildman–Crippen LogP) is 2.59. The lowest BCUT2D eigenvalue weighted by molar-refractivity contribution is 0.791. The van der Waals surface area contributed by atoms with Gasteiger partial charge in [0.15, 0.2) is 5.96 Å². The van der Waals surface area contributed by atoms with E-state index in [0.29, 0.717) is 5.96 Å². The SMILES string of the molecule is CCCCN=C(N)NCCc1cccc(Cl)c1. The Hall–Kier alpha value is -1.22. The first-order valence-corrected chi connectivity index (χ1v) is 6.38. The van der Waals surface area contributed by atoms with Crippen molar-refractivity contribution in [2.75, 3.05) is 13.1 Å². The van der Waals surface area contributed by atoms with E-state index in [-0.39, 0.29) is 0 Å². The van der Waals surface area contributed by atoms with Gasteiger partial charge in [0, 0.05) is 18.1 Å². The fourth-order valence-electron chi connectivity index (χ4n) is 1.44. The number of rotatable bonds is 6. The number of nitrogens with two attached hydrogens (primary N) is 1. The van der Waals surface area contributed by atoms with Gasteiger partial charge in [0.2, 0.25) is 0 Å². The molecule has 3 nitrogen and oxygen atoms in total. The summed E-state index contributed by atoms with van der Waals surface area (Å²) < 4.78 is 0. The molecular formula is C13H20ClN3. The smallest absolute Gasteiger partial charge is 0.188 e. The number of hydrogen-bond donors (Lipinski definition) is 2. The van der Waals surface area contributed by atoms with Gasteiger partial charge < -0.3 is 11.1 Å². The van der Waals surface area contributed by atoms with Crippen LogP contribution in [0.25, 0.3) is 0 Å². The standard InChI is InChI=1S/C13H20ClN3/c1-2-3-8-16-13(15)17-9-7-11-5-4-6-12(14)10-11/h4-6,10H,2-3,7-9H2,1H3,(H3,15,16,17). The zero-order valence-electron chi connectivity index (χ0n) is 10.2. The summed E-state index contributed by atoms with van der Waals surface area (Å²) in [5.41, 5.74) is 6.92. The second-order valence-electron chi connectivity index (χ2n) is 3.93. The number of benzene rings is 1. The van der Waals surface area contributed by atoms with E-state index in [9.17, 15) is 0 Å². The quantitative estimate of drug-likeness (QED) is 0.465. The van der Waals surface area contributed by atoms with Gasteiger partial charge in [0.25, 0.3) is 0 Å². The molecule has 4 heteroatoms. The van der Waals surface area contributed by atoms with Gasteiger partial charge in [0.05, 0.1) is 0 Å². The zero-order chi connectivity index (χ0) is 12.5. The lowest BCUT2D eigenvalue weighted by atomic mass is 10.1. The highest BCUT2D eigenvalue weighted by molar-refractivity contribution is 6.30. The monoisotopic (exact) mass is 253 g/mol. The average molecular weight is 254 g/mol. The van der Waals surface area contributed by atoms with Crippen LogP contribution < -0.4 is 11.1 Å². The third kappa shape index (κ3) is 6.17. The minimum atomic E-state index is 0.528. The van der Waals surface area contributed by atoms with Gasteiger partial charge in [-0.15, -0.1) is 0 Å². The maximum atomic E-state index is 5.90. The molecule has 0 aliphatic heterocycles. The summed E-state index contributed by atoms with van der Waals surface area (Å²) in [6.07, 6.45) is 3.11. The summed E-state index contributed by atoms with van der Waals surface area (Å²) in [4.78, 5) is 4.22. The third-order valence-electron chi connectivity index (χ3n) is 2.40. The number of aliphatic imine (C=N–C) groups is 1. The van der Waals surface area contributed by atoms with E-state index in [4.69, 9.17) is 17.3 Å². The Balaban J connectivity index is 2.25. The van der Waals surface area contributed by atoms with Crippen LogP contribution in [0, 0.1) is 0 Å². The first kappa shape index (κ1) is 13.8. The van der Waals surface area contributed by atoms with Crippen molar-refractivity contribution >= 4 is 17.6 Å². The van der Waals surface area contributed by atoms with Crippen molar-refractivity contribution in [3.8, 4) is 0 Å². The number of guanidine groups is 1. The van der Waals surface area contributed by atoms with Crippen LogP contribution in [0.4, 0.5) is 0 Å². The van der Waals surface area contributed by atoms with Crippen LogP contribution in [0.15, 0.2) is 29.3 Å². The molecule has 3 N–H and O–H groups in total. The van der Waals surface area contributed by atoms with Crippen LogP contribution in [0.3, 0.4) is 0 Å². The fraction of sp³-hybridized carbons (Fsp3) is 0.462. The van der Waals surface area contributed by atoms with Crippen LogP contribution in [0.2, 0.25) is 5.02 Å². The van der Waals surface area contributed by atoms with E-state index in [1.54, 1.807) is 0 Å². The largest absolute Gasteiger partial charge is 0.370 e.